The van der Waals surface area contributed by atoms with Gasteiger partial charge in [-0.05, 0) is 44.4 Å². The molecule has 0 aromatic rings. The van der Waals surface area contributed by atoms with Gasteiger partial charge in [-0.2, -0.15) is 0 Å². The quantitative estimate of drug-likeness (QED) is 0.0256. The number of hydrogen-bond acceptors (Lipinski definition) is 7. The molecule has 0 radical (unpaired) electrons. The molecular formula is C44H78O7. The summed E-state index contributed by atoms with van der Waals surface area (Å²) in [5.74, 6) is 0.0491. The maximum Gasteiger partial charge on any atom is 0.305 e. The van der Waals surface area contributed by atoms with Crippen LogP contribution in [0.25, 0.3) is 0 Å². The van der Waals surface area contributed by atoms with E-state index in [2.05, 4.69) is 26.8 Å². The molecule has 7 nitrogen and oxygen atoms in total. The minimum Gasteiger partial charge on any atom is -0.463 e. The predicted octanol–water partition coefficient (Wildman–Crippen LogP) is 10.8. The number of ether oxygens (including phenoxy) is 2. The Balaban J connectivity index is 3.66. The summed E-state index contributed by atoms with van der Waals surface area (Å²) < 4.78 is 10.2. The second-order valence-corrected chi connectivity index (χ2v) is 14.6. The lowest BCUT2D eigenvalue weighted by molar-refractivity contribution is -0.152. The molecule has 296 valence electrons. The summed E-state index contributed by atoms with van der Waals surface area (Å²) in [5.41, 5.74) is 0. The van der Waals surface area contributed by atoms with Gasteiger partial charge in [-0.3, -0.25) is 9.59 Å². The molecule has 0 spiro atoms. The van der Waals surface area contributed by atoms with Gasteiger partial charge in [-0.1, -0.05) is 179 Å². The molecule has 0 amide bonds. The molecule has 0 aromatic heterocycles. The lowest BCUT2D eigenvalue weighted by Crippen LogP contribution is -2.25. The number of carbonyl (C=O) groups excluding carboxylic acids is 2. The molecule has 0 heterocycles. The first-order valence-corrected chi connectivity index (χ1v) is 20.8. The Kier molecular flexibility index (Phi) is 35.9. The zero-order valence-electron chi connectivity index (χ0n) is 33.0. The first-order valence-electron chi connectivity index (χ1n) is 20.8. The highest BCUT2D eigenvalue weighted by Crippen LogP contribution is 2.15. The zero-order chi connectivity index (χ0) is 37.6. The van der Waals surface area contributed by atoms with Gasteiger partial charge in [0.05, 0.1) is 12.2 Å². The lowest BCUT2D eigenvalue weighted by Gasteiger charge is -2.12. The van der Waals surface area contributed by atoms with Crippen molar-refractivity contribution in [3.8, 4) is 0 Å². The molecule has 0 rings (SSSR count). The van der Waals surface area contributed by atoms with Crippen LogP contribution in [0.2, 0.25) is 0 Å². The van der Waals surface area contributed by atoms with Gasteiger partial charge in [0.15, 0.2) is 0 Å². The smallest absolute Gasteiger partial charge is 0.305 e. The maximum absolute atomic E-state index is 12.0. The molecule has 7 heteroatoms. The molecule has 0 saturated heterocycles. The Morgan fingerprint density at radius 2 is 1.00 bits per heavy atom. The molecule has 0 aliphatic carbocycles. The second-order valence-electron chi connectivity index (χ2n) is 14.6. The number of rotatable bonds is 36. The first-order chi connectivity index (χ1) is 24.7. The van der Waals surface area contributed by atoms with Gasteiger partial charge in [0.1, 0.15) is 19.3 Å². The Morgan fingerprint density at radius 3 is 1.51 bits per heavy atom. The summed E-state index contributed by atoms with van der Waals surface area (Å²) in [6, 6.07) is 0. The third-order valence-corrected chi connectivity index (χ3v) is 8.94. The van der Waals surface area contributed by atoms with E-state index in [0.717, 1.165) is 31.6 Å². The van der Waals surface area contributed by atoms with Crippen LogP contribution in [0.15, 0.2) is 48.6 Å². The Hall–Kier alpha value is -2.22. The molecule has 3 atom stereocenters. The summed E-state index contributed by atoms with van der Waals surface area (Å²) in [7, 11) is 0. The van der Waals surface area contributed by atoms with Crippen LogP contribution in [0.3, 0.4) is 0 Å². The molecule has 51 heavy (non-hydrogen) atoms. The third kappa shape index (κ3) is 38.8. The number of carbonyl (C=O) groups is 2. The van der Waals surface area contributed by atoms with Crippen LogP contribution in [0.1, 0.15) is 181 Å². The number of unbranched alkanes of at least 4 members (excludes halogenated alkanes) is 17. The molecule has 0 aliphatic heterocycles. The summed E-state index contributed by atoms with van der Waals surface area (Å²) in [4.78, 5) is 24.0. The van der Waals surface area contributed by atoms with Crippen LogP contribution >= 0.6 is 0 Å². The summed E-state index contributed by atoms with van der Waals surface area (Å²) in [6.07, 6.45) is 39.5. The van der Waals surface area contributed by atoms with Crippen molar-refractivity contribution in [2.45, 2.75) is 200 Å². The minimum atomic E-state index is -1.06. The van der Waals surface area contributed by atoms with E-state index < -0.39 is 24.3 Å². The monoisotopic (exact) mass is 719 g/mol. The first kappa shape index (κ1) is 48.8. The summed E-state index contributed by atoms with van der Waals surface area (Å²) in [5, 5.41) is 30.1. The standard InChI is InChI=1S/C44H78O7/c1-4-5-6-7-20-25-31-40(45)32-26-22-23-27-33-41(46)34-29-36-44(49)51-38-42(47)37-50-43(48)35-28-21-18-16-14-12-10-8-9-11-13-15-17-19-24-30-39(2)3/h20,22-23,25-27,32-33,39-42,45-47H,4-19,21,24,28-31,34-38H2,1-3H3/b23-22+,25-20-,32-26+,33-27-/t40-,41-,42-/m1/s1. The summed E-state index contributed by atoms with van der Waals surface area (Å²) in [6.45, 7) is 6.39. The van der Waals surface area contributed by atoms with Crippen molar-refractivity contribution in [2.24, 2.45) is 5.92 Å². The van der Waals surface area contributed by atoms with Gasteiger partial charge < -0.3 is 24.8 Å². The summed E-state index contributed by atoms with van der Waals surface area (Å²) >= 11 is 0. The number of esters is 2. The Morgan fingerprint density at radius 1 is 0.529 bits per heavy atom. The third-order valence-electron chi connectivity index (χ3n) is 8.94. The van der Waals surface area contributed by atoms with Gasteiger partial charge in [-0.15, -0.1) is 0 Å². The van der Waals surface area contributed by atoms with Crippen molar-refractivity contribution in [1.82, 2.24) is 0 Å². The zero-order valence-corrected chi connectivity index (χ0v) is 33.0. The molecule has 3 N–H and O–H groups in total. The van der Waals surface area contributed by atoms with E-state index in [1.165, 1.54) is 103 Å². The highest BCUT2D eigenvalue weighted by molar-refractivity contribution is 5.69. The number of aliphatic hydroxyl groups excluding tert-OH is 3. The number of hydrogen-bond donors (Lipinski definition) is 3. The van der Waals surface area contributed by atoms with E-state index in [1.807, 2.05) is 6.08 Å². The molecule has 0 unspecified atom stereocenters. The topological polar surface area (TPSA) is 113 Å². The van der Waals surface area contributed by atoms with Crippen molar-refractivity contribution in [3.63, 3.8) is 0 Å². The highest BCUT2D eigenvalue weighted by Gasteiger charge is 2.12. The molecule has 0 aliphatic rings. The molecular weight excluding hydrogens is 640 g/mol. The van der Waals surface area contributed by atoms with Crippen LogP contribution in [-0.4, -0.2) is 58.8 Å². The minimum absolute atomic E-state index is 0.125. The molecule has 0 fully saturated rings. The number of allylic oxidation sites excluding steroid dienone is 5. The van der Waals surface area contributed by atoms with Gasteiger partial charge >= 0.3 is 11.9 Å². The van der Waals surface area contributed by atoms with E-state index >= 15 is 0 Å². The van der Waals surface area contributed by atoms with Crippen molar-refractivity contribution >= 4 is 11.9 Å². The highest BCUT2D eigenvalue weighted by atomic mass is 16.6. The van der Waals surface area contributed by atoms with Crippen molar-refractivity contribution < 1.29 is 34.4 Å². The largest absolute Gasteiger partial charge is 0.463 e. The average molecular weight is 719 g/mol. The van der Waals surface area contributed by atoms with Crippen molar-refractivity contribution in [3.05, 3.63) is 48.6 Å². The van der Waals surface area contributed by atoms with Crippen LogP contribution in [-0.2, 0) is 19.1 Å². The predicted molar refractivity (Wildman–Crippen MR) is 212 cm³/mol. The number of aliphatic hydroxyl groups is 3. The SMILES string of the molecule is CCCCC/C=C\C[C@@H](O)/C=C/C=C/C=C\[C@@H](O)CCCC(=O)OC[C@H](O)COC(=O)CCCCCCCCCCCCCCCCCC(C)C. The van der Waals surface area contributed by atoms with Crippen molar-refractivity contribution in [2.75, 3.05) is 13.2 Å². The normalized spacial score (nSPS) is 14.0. The van der Waals surface area contributed by atoms with Gasteiger partial charge in [0.25, 0.3) is 0 Å². The molecule has 0 saturated carbocycles. The Bertz CT molecular complexity index is 907. The second kappa shape index (κ2) is 37.5. The fourth-order valence-electron chi connectivity index (χ4n) is 5.70. The van der Waals surface area contributed by atoms with Gasteiger partial charge in [-0.25, -0.2) is 0 Å². The molecule has 0 bridgehead atoms. The van der Waals surface area contributed by atoms with E-state index in [0.29, 0.717) is 25.7 Å². The van der Waals surface area contributed by atoms with Crippen molar-refractivity contribution in [1.29, 1.82) is 0 Å². The maximum atomic E-state index is 12.0. The molecule has 0 aromatic carbocycles. The lowest BCUT2D eigenvalue weighted by atomic mass is 10.0. The van der Waals surface area contributed by atoms with Crippen LogP contribution in [0.4, 0.5) is 0 Å². The van der Waals surface area contributed by atoms with E-state index in [1.54, 1.807) is 36.5 Å². The van der Waals surface area contributed by atoms with Crippen LogP contribution in [0.5, 0.6) is 0 Å². The average Bonchev–Trinajstić information content (AvgIpc) is 3.10. The van der Waals surface area contributed by atoms with Gasteiger partial charge in [0.2, 0.25) is 0 Å². The van der Waals surface area contributed by atoms with Crippen LogP contribution < -0.4 is 0 Å². The Labute approximate surface area is 313 Å². The van der Waals surface area contributed by atoms with E-state index in [4.69, 9.17) is 9.47 Å². The fraction of sp³-hybridized carbons (Fsp3) is 0.773. The van der Waals surface area contributed by atoms with E-state index in [-0.39, 0.29) is 25.6 Å². The fourth-order valence-corrected chi connectivity index (χ4v) is 5.70. The van der Waals surface area contributed by atoms with Gasteiger partial charge in [0, 0.05) is 12.8 Å². The van der Waals surface area contributed by atoms with Crippen LogP contribution in [0, 0.1) is 5.92 Å². The van der Waals surface area contributed by atoms with E-state index in [9.17, 15) is 24.9 Å².